The van der Waals surface area contributed by atoms with E-state index in [1.165, 1.54) is 18.4 Å². The van der Waals surface area contributed by atoms with Crippen LogP contribution in [0.15, 0.2) is 60.9 Å². The second kappa shape index (κ2) is 11.5. The maximum atomic E-state index is 5.60. The Labute approximate surface area is 224 Å². The molecule has 4 heterocycles. The van der Waals surface area contributed by atoms with Crippen molar-refractivity contribution in [1.82, 2.24) is 24.4 Å². The number of morpholine rings is 1. The van der Waals surface area contributed by atoms with Crippen molar-refractivity contribution in [2.75, 3.05) is 57.9 Å². The van der Waals surface area contributed by atoms with E-state index in [1.807, 2.05) is 30.6 Å². The maximum Gasteiger partial charge on any atom is 0.166 e. The Morgan fingerprint density at radius 3 is 2.55 bits per heavy atom. The van der Waals surface area contributed by atoms with Gasteiger partial charge in [0, 0.05) is 31.7 Å². The minimum absolute atomic E-state index is 0.613. The molecule has 0 amide bonds. The van der Waals surface area contributed by atoms with Crippen molar-refractivity contribution in [2.45, 2.75) is 25.8 Å². The Morgan fingerprint density at radius 2 is 1.76 bits per heavy atom. The van der Waals surface area contributed by atoms with Crippen LogP contribution in [-0.2, 0) is 17.7 Å². The van der Waals surface area contributed by atoms with Crippen LogP contribution < -0.4 is 9.64 Å². The molecule has 0 saturated carbocycles. The van der Waals surface area contributed by atoms with Gasteiger partial charge in [-0.15, -0.1) is 0 Å². The van der Waals surface area contributed by atoms with E-state index in [2.05, 4.69) is 44.7 Å². The number of fused-ring (bicyclic) bond motifs is 1. The monoisotopic (exact) mass is 512 g/mol. The molecule has 2 aromatic heterocycles. The van der Waals surface area contributed by atoms with Crippen LogP contribution in [0.3, 0.4) is 0 Å². The van der Waals surface area contributed by atoms with Crippen molar-refractivity contribution in [3.63, 3.8) is 0 Å². The molecule has 8 heteroatoms. The highest BCUT2D eigenvalue weighted by Crippen LogP contribution is 2.30. The van der Waals surface area contributed by atoms with Gasteiger partial charge in [-0.2, -0.15) is 0 Å². The minimum atomic E-state index is 0.613. The first-order chi connectivity index (χ1) is 18.8. The summed E-state index contributed by atoms with van der Waals surface area (Å²) in [4.78, 5) is 19.8. The van der Waals surface area contributed by atoms with E-state index < -0.39 is 0 Å². The summed E-state index contributed by atoms with van der Waals surface area (Å²) in [5.41, 5.74) is 4.15. The standard InChI is InChI=1S/C30H36N6O2/c1-37-26-9-5-8-25(20-26)28-32-29(35-16-18-38-19-17-35)27-30(33-28)36(22-31-27)21-24-11-14-34(15-12-24)13-10-23-6-3-2-4-7-23/h2-9,20,22,24H,10-19,21H2,1H3. The fourth-order valence-electron chi connectivity index (χ4n) is 5.55. The number of rotatable bonds is 8. The van der Waals surface area contributed by atoms with Gasteiger partial charge < -0.3 is 23.8 Å². The zero-order chi connectivity index (χ0) is 25.7. The molecule has 0 radical (unpaired) electrons. The van der Waals surface area contributed by atoms with Gasteiger partial charge in [-0.1, -0.05) is 42.5 Å². The lowest BCUT2D eigenvalue weighted by Gasteiger charge is -2.32. The van der Waals surface area contributed by atoms with Crippen LogP contribution in [0, 0.1) is 5.92 Å². The third-order valence-electron chi connectivity index (χ3n) is 7.81. The maximum absolute atomic E-state index is 5.60. The second-order valence-electron chi connectivity index (χ2n) is 10.3. The van der Waals surface area contributed by atoms with E-state index in [1.54, 1.807) is 7.11 Å². The normalized spacial score (nSPS) is 17.2. The van der Waals surface area contributed by atoms with Crippen molar-refractivity contribution < 1.29 is 9.47 Å². The molecule has 0 atom stereocenters. The van der Waals surface area contributed by atoms with Crippen LogP contribution >= 0.6 is 0 Å². The summed E-state index contributed by atoms with van der Waals surface area (Å²) in [5, 5.41) is 0. The fourth-order valence-corrected chi connectivity index (χ4v) is 5.55. The number of piperidine rings is 1. The van der Waals surface area contributed by atoms with Crippen LogP contribution in [0.4, 0.5) is 5.82 Å². The Hall–Kier alpha value is -3.49. The molecule has 6 rings (SSSR count). The summed E-state index contributed by atoms with van der Waals surface area (Å²) < 4.78 is 13.3. The molecule has 0 N–H and O–H groups in total. The highest BCUT2D eigenvalue weighted by Gasteiger charge is 2.24. The Bertz CT molecular complexity index is 1340. The number of methoxy groups -OCH3 is 1. The van der Waals surface area contributed by atoms with Crippen LogP contribution in [0.25, 0.3) is 22.6 Å². The predicted molar refractivity (Wildman–Crippen MR) is 150 cm³/mol. The molecule has 0 aliphatic carbocycles. The third kappa shape index (κ3) is 5.51. The molecule has 2 aliphatic heterocycles. The van der Waals surface area contributed by atoms with Crippen LogP contribution in [0.1, 0.15) is 18.4 Å². The van der Waals surface area contributed by atoms with Gasteiger partial charge in [-0.05, 0) is 56.0 Å². The van der Waals surface area contributed by atoms with Gasteiger partial charge in [-0.3, -0.25) is 0 Å². The largest absolute Gasteiger partial charge is 0.497 e. The molecule has 2 aromatic carbocycles. The SMILES string of the molecule is COc1cccc(-c2nc(N3CCOCC3)c3ncn(CC4CCN(CCc5ccccc5)CC4)c3n2)c1. The van der Waals surface area contributed by atoms with Gasteiger partial charge in [0.15, 0.2) is 22.8 Å². The van der Waals surface area contributed by atoms with Crippen LogP contribution in [-0.4, -0.2) is 77.5 Å². The number of anilines is 1. The Morgan fingerprint density at radius 1 is 0.947 bits per heavy atom. The zero-order valence-corrected chi connectivity index (χ0v) is 22.1. The van der Waals surface area contributed by atoms with Crippen LogP contribution in [0.2, 0.25) is 0 Å². The number of ether oxygens (including phenoxy) is 2. The zero-order valence-electron chi connectivity index (χ0n) is 22.1. The summed E-state index contributed by atoms with van der Waals surface area (Å²) in [6.45, 7) is 7.36. The average Bonchev–Trinajstić information content (AvgIpc) is 3.39. The van der Waals surface area contributed by atoms with E-state index >= 15 is 0 Å². The number of aromatic nitrogens is 4. The summed E-state index contributed by atoms with van der Waals surface area (Å²) >= 11 is 0. The number of imidazole rings is 1. The van der Waals surface area contributed by atoms with Crippen molar-refractivity contribution >= 4 is 17.0 Å². The fraction of sp³-hybridized carbons (Fsp3) is 0.433. The van der Waals surface area contributed by atoms with Crippen molar-refractivity contribution in [2.24, 2.45) is 5.92 Å². The Kier molecular flexibility index (Phi) is 7.51. The first kappa shape index (κ1) is 24.8. The number of hydrogen-bond acceptors (Lipinski definition) is 7. The molecule has 0 spiro atoms. The number of benzene rings is 2. The van der Waals surface area contributed by atoms with Gasteiger partial charge in [0.25, 0.3) is 0 Å². The van der Waals surface area contributed by atoms with Crippen molar-refractivity contribution in [1.29, 1.82) is 0 Å². The number of hydrogen-bond donors (Lipinski definition) is 0. The van der Waals surface area contributed by atoms with Gasteiger partial charge in [0.2, 0.25) is 0 Å². The van der Waals surface area contributed by atoms with Crippen LogP contribution in [0.5, 0.6) is 5.75 Å². The molecule has 2 aliphatic rings. The third-order valence-corrected chi connectivity index (χ3v) is 7.81. The number of likely N-dealkylation sites (tertiary alicyclic amines) is 1. The molecule has 4 aromatic rings. The summed E-state index contributed by atoms with van der Waals surface area (Å²) in [6, 6.07) is 18.8. The molecule has 8 nitrogen and oxygen atoms in total. The smallest absolute Gasteiger partial charge is 0.166 e. The summed E-state index contributed by atoms with van der Waals surface area (Å²) in [6.07, 6.45) is 5.46. The number of nitrogens with zero attached hydrogens (tertiary/aromatic N) is 6. The quantitative estimate of drug-likeness (QED) is 0.349. The lowest BCUT2D eigenvalue weighted by atomic mass is 9.96. The van der Waals surface area contributed by atoms with E-state index in [-0.39, 0.29) is 0 Å². The molecular formula is C30H36N6O2. The highest BCUT2D eigenvalue weighted by molar-refractivity contribution is 5.86. The predicted octanol–water partition coefficient (Wildman–Crippen LogP) is 4.29. The van der Waals surface area contributed by atoms with Gasteiger partial charge >= 0.3 is 0 Å². The van der Waals surface area contributed by atoms with E-state index in [9.17, 15) is 0 Å². The van der Waals surface area contributed by atoms with E-state index in [4.69, 9.17) is 24.4 Å². The lowest BCUT2D eigenvalue weighted by molar-refractivity contribution is 0.122. The molecule has 38 heavy (non-hydrogen) atoms. The van der Waals surface area contributed by atoms with Gasteiger partial charge in [-0.25, -0.2) is 15.0 Å². The molecule has 2 fully saturated rings. The molecule has 0 bridgehead atoms. The molecule has 198 valence electrons. The average molecular weight is 513 g/mol. The van der Waals surface area contributed by atoms with Gasteiger partial charge in [0.05, 0.1) is 26.7 Å². The summed E-state index contributed by atoms with van der Waals surface area (Å²) in [5.74, 6) is 3.01. The minimum Gasteiger partial charge on any atom is -0.497 e. The second-order valence-corrected chi connectivity index (χ2v) is 10.3. The van der Waals surface area contributed by atoms with Crippen molar-refractivity contribution in [3.05, 3.63) is 66.5 Å². The topological polar surface area (TPSA) is 68.5 Å². The first-order valence-corrected chi connectivity index (χ1v) is 13.7. The first-order valence-electron chi connectivity index (χ1n) is 13.7. The van der Waals surface area contributed by atoms with Crippen molar-refractivity contribution in [3.8, 4) is 17.1 Å². The molecule has 0 unspecified atom stereocenters. The molecule has 2 saturated heterocycles. The van der Waals surface area contributed by atoms with E-state index in [0.717, 1.165) is 74.0 Å². The highest BCUT2D eigenvalue weighted by atomic mass is 16.5. The summed E-state index contributed by atoms with van der Waals surface area (Å²) in [7, 11) is 1.68. The molecular weight excluding hydrogens is 476 g/mol. The lowest BCUT2D eigenvalue weighted by Crippen LogP contribution is -2.37. The Balaban J connectivity index is 1.21. The van der Waals surface area contributed by atoms with Gasteiger partial charge in [0.1, 0.15) is 5.75 Å². The van der Waals surface area contributed by atoms with E-state index in [0.29, 0.717) is 25.0 Å².